The van der Waals surface area contributed by atoms with Crippen molar-refractivity contribution in [3.8, 4) is 0 Å². The normalized spacial score (nSPS) is 12.0. The van der Waals surface area contributed by atoms with Gasteiger partial charge in [-0.25, -0.2) is 0 Å². The summed E-state index contributed by atoms with van der Waals surface area (Å²) in [5.74, 6) is 0.350. The zero-order valence-electron chi connectivity index (χ0n) is 15.0. The number of carbonyl (C=O) groups is 1. The largest absolute Gasteiger partial charge is 0.356 e. The molecule has 0 saturated carbocycles. The van der Waals surface area contributed by atoms with Crippen LogP contribution in [0.5, 0.6) is 0 Å². The first kappa shape index (κ1) is 17.9. The molecule has 0 radical (unpaired) electrons. The lowest BCUT2D eigenvalue weighted by Crippen LogP contribution is -2.29. The van der Waals surface area contributed by atoms with E-state index in [-0.39, 0.29) is 11.5 Å². The first-order valence-electron chi connectivity index (χ1n) is 9.03. The molecule has 0 aliphatic rings. The summed E-state index contributed by atoms with van der Waals surface area (Å²) in [7, 11) is 0. The molecule has 0 fully saturated rings. The summed E-state index contributed by atoms with van der Waals surface area (Å²) in [6.07, 6.45) is 1.70. The molecule has 1 unspecified atom stereocenters. The zero-order chi connectivity index (χ0) is 18.4. The smallest absolute Gasteiger partial charge is 0.251 e. The molecule has 2 aromatic carbocycles. The number of nitrogens with one attached hydrogen (secondary N) is 2. The first-order valence-corrected chi connectivity index (χ1v) is 9.03. The molecular formula is C22H24N2O2. The minimum absolute atomic E-state index is 0.0162. The number of rotatable bonds is 7. The fraction of sp³-hybridized carbons (Fsp3) is 0.273. The Bertz CT molecular complexity index is 932. The van der Waals surface area contributed by atoms with E-state index >= 15 is 0 Å². The van der Waals surface area contributed by atoms with Gasteiger partial charge in [0.1, 0.15) is 0 Å². The van der Waals surface area contributed by atoms with Gasteiger partial charge < -0.3 is 10.3 Å². The van der Waals surface area contributed by atoms with Crippen molar-refractivity contribution >= 4 is 16.8 Å². The van der Waals surface area contributed by atoms with Gasteiger partial charge in [0.25, 0.3) is 5.56 Å². The van der Waals surface area contributed by atoms with Crippen LogP contribution in [0.1, 0.15) is 24.5 Å². The van der Waals surface area contributed by atoms with Crippen LogP contribution in [0.15, 0.2) is 65.5 Å². The zero-order valence-corrected chi connectivity index (χ0v) is 15.0. The van der Waals surface area contributed by atoms with Crippen molar-refractivity contribution in [2.45, 2.75) is 26.2 Å². The van der Waals surface area contributed by atoms with Crippen LogP contribution in [0, 0.1) is 5.92 Å². The predicted molar refractivity (Wildman–Crippen MR) is 105 cm³/mol. The fourth-order valence-electron chi connectivity index (χ4n) is 3.09. The third-order valence-corrected chi connectivity index (χ3v) is 4.53. The Kier molecular flexibility index (Phi) is 5.84. The number of aromatic amines is 1. The molecule has 134 valence electrons. The second-order valence-corrected chi connectivity index (χ2v) is 6.81. The highest BCUT2D eigenvalue weighted by Gasteiger charge is 2.09. The number of pyridine rings is 1. The predicted octanol–water partition coefficient (Wildman–Crippen LogP) is 3.46. The molecule has 1 amide bonds. The third-order valence-electron chi connectivity index (χ3n) is 4.53. The van der Waals surface area contributed by atoms with Crippen LogP contribution >= 0.6 is 0 Å². The first-order chi connectivity index (χ1) is 12.6. The third kappa shape index (κ3) is 4.82. The molecule has 0 spiro atoms. The van der Waals surface area contributed by atoms with Crippen molar-refractivity contribution in [3.63, 3.8) is 0 Å². The topological polar surface area (TPSA) is 62.0 Å². The van der Waals surface area contributed by atoms with Gasteiger partial charge in [-0.2, -0.15) is 0 Å². The van der Waals surface area contributed by atoms with E-state index in [0.29, 0.717) is 30.9 Å². The molecule has 1 atom stereocenters. The molecule has 3 aromatic rings. The van der Waals surface area contributed by atoms with Crippen molar-refractivity contribution in [1.29, 1.82) is 0 Å². The monoisotopic (exact) mass is 348 g/mol. The summed E-state index contributed by atoms with van der Waals surface area (Å²) >= 11 is 0. The second-order valence-electron chi connectivity index (χ2n) is 6.81. The molecule has 1 aromatic heterocycles. The average Bonchev–Trinajstić information content (AvgIpc) is 2.65. The number of aryl methyl sites for hydroxylation is 1. The van der Waals surface area contributed by atoms with Crippen LogP contribution in [0.25, 0.3) is 10.9 Å². The lowest BCUT2D eigenvalue weighted by molar-refractivity contribution is -0.121. The van der Waals surface area contributed by atoms with Gasteiger partial charge in [0.05, 0.1) is 0 Å². The van der Waals surface area contributed by atoms with Crippen molar-refractivity contribution in [2.24, 2.45) is 5.92 Å². The summed E-state index contributed by atoms with van der Waals surface area (Å²) in [6, 6.07) is 19.8. The summed E-state index contributed by atoms with van der Waals surface area (Å²) < 4.78 is 0. The fourth-order valence-corrected chi connectivity index (χ4v) is 3.09. The van der Waals surface area contributed by atoms with E-state index in [1.165, 1.54) is 5.56 Å². The van der Waals surface area contributed by atoms with Gasteiger partial charge in [-0.3, -0.25) is 9.59 Å². The van der Waals surface area contributed by atoms with Gasteiger partial charge in [-0.1, -0.05) is 55.5 Å². The number of hydrogen-bond donors (Lipinski definition) is 2. The number of H-pyrrole nitrogens is 1. The number of carbonyl (C=O) groups excluding carboxylic acids is 1. The lowest BCUT2D eigenvalue weighted by atomic mass is 10.0. The molecule has 1 heterocycles. The minimum atomic E-state index is -0.117. The Balaban J connectivity index is 1.49. The number of amides is 1. The number of benzene rings is 2. The highest BCUT2D eigenvalue weighted by Crippen LogP contribution is 2.11. The van der Waals surface area contributed by atoms with Gasteiger partial charge in [0.2, 0.25) is 5.91 Å². The maximum absolute atomic E-state index is 12.1. The number of aromatic nitrogens is 1. The quantitative estimate of drug-likeness (QED) is 0.687. The Hall–Kier alpha value is -2.88. The highest BCUT2D eigenvalue weighted by molar-refractivity contribution is 5.79. The molecule has 26 heavy (non-hydrogen) atoms. The van der Waals surface area contributed by atoms with Crippen LogP contribution in [0.2, 0.25) is 0 Å². The maximum Gasteiger partial charge on any atom is 0.251 e. The van der Waals surface area contributed by atoms with E-state index in [2.05, 4.69) is 29.4 Å². The molecule has 0 bridgehead atoms. The van der Waals surface area contributed by atoms with Gasteiger partial charge in [0.15, 0.2) is 0 Å². The van der Waals surface area contributed by atoms with E-state index in [9.17, 15) is 9.59 Å². The van der Waals surface area contributed by atoms with Crippen molar-refractivity contribution < 1.29 is 4.79 Å². The SMILES string of the molecule is CC(CNC(=O)CCc1cc2ccccc2[nH]c1=O)Cc1ccccc1. The van der Waals surface area contributed by atoms with E-state index in [1.54, 1.807) is 0 Å². The van der Waals surface area contributed by atoms with Gasteiger partial charge in [-0.05, 0) is 41.8 Å². The molecule has 2 N–H and O–H groups in total. The minimum Gasteiger partial charge on any atom is -0.356 e. The number of para-hydroxylation sites is 1. The second kappa shape index (κ2) is 8.48. The van der Waals surface area contributed by atoms with Crippen LogP contribution in [-0.2, 0) is 17.6 Å². The maximum atomic E-state index is 12.1. The summed E-state index contributed by atoms with van der Waals surface area (Å²) in [6.45, 7) is 2.77. The van der Waals surface area contributed by atoms with Crippen LogP contribution in [0.3, 0.4) is 0 Å². The Morgan fingerprint density at radius 2 is 1.81 bits per heavy atom. The van der Waals surface area contributed by atoms with Gasteiger partial charge in [0, 0.05) is 24.0 Å². The van der Waals surface area contributed by atoms with Crippen molar-refractivity contribution in [1.82, 2.24) is 10.3 Å². The lowest BCUT2D eigenvalue weighted by Gasteiger charge is -2.13. The number of fused-ring (bicyclic) bond motifs is 1. The molecular weight excluding hydrogens is 324 g/mol. The molecule has 4 heteroatoms. The van der Waals surface area contributed by atoms with E-state index in [1.807, 2.05) is 48.5 Å². The van der Waals surface area contributed by atoms with E-state index < -0.39 is 0 Å². The summed E-state index contributed by atoms with van der Waals surface area (Å²) in [5, 5.41) is 3.96. The molecule has 3 rings (SSSR count). The average molecular weight is 348 g/mol. The van der Waals surface area contributed by atoms with Crippen molar-refractivity contribution in [3.05, 3.63) is 82.1 Å². The van der Waals surface area contributed by atoms with E-state index in [0.717, 1.165) is 17.3 Å². The van der Waals surface area contributed by atoms with E-state index in [4.69, 9.17) is 0 Å². The van der Waals surface area contributed by atoms with Crippen LogP contribution in [-0.4, -0.2) is 17.4 Å². The Labute approximate surface area is 153 Å². The van der Waals surface area contributed by atoms with Crippen LogP contribution in [0.4, 0.5) is 0 Å². The van der Waals surface area contributed by atoms with Crippen molar-refractivity contribution in [2.75, 3.05) is 6.54 Å². The van der Waals surface area contributed by atoms with Gasteiger partial charge in [-0.15, -0.1) is 0 Å². The number of hydrogen-bond acceptors (Lipinski definition) is 2. The molecule has 0 saturated heterocycles. The Morgan fingerprint density at radius 1 is 1.08 bits per heavy atom. The highest BCUT2D eigenvalue weighted by atomic mass is 16.1. The summed E-state index contributed by atoms with van der Waals surface area (Å²) in [4.78, 5) is 27.1. The van der Waals surface area contributed by atoms with Gasteiger partial charge >= 0.3 is 0 Å². The molecule has 0 aliphatic heterocycles. The summed E-state index contributed by atoms with van der Waals surface area (Å²) in [5.41, 5.74) is 2.63. The molecule has 0 aliphatic carbocycles. The van der Waals surface area contributed by atoms with Crippen LogP contribution < -0.4 is 10.9 Å². The Morgan fingerprint density at radius 3 is 2.62 bits per heavy atom. The molecule has 4 nitrogen and oxygen atoms in total. The standard InChI is InChI=1S/C22H24N2O2/c1-16(13-17-7-3-2-4-8-17)15-23-21(25)12-11-19-14-18-9-5-6-10-20(18)24-22(19)26/h2-10,14,16H,11-13,15H2,1H3,(H,23,25)(H,24,26).